The average Bonchev–Trinajstić information content (AvgIpc) is 2.84. The lowest BCUT2D eigenvalue weighted by Crippen LogP contribution is -2.14. The summed E-state index contributed by atoms with van der Waals surface area (Å²) in [5.41, 5.74) is 0.605. The van der Waals surface area contributed by atoms with Gasteiger partial charge < -0.3 is 9.47 Å². The Bertz CT molecular complexity index is 444. The van der Waals surface area contributed by atoms with Crippen molar-refractivity contribution in [3.8, 4) is 11.8 Å². The van der Waals surface area contributed by atoms with E-state index in [1.165, 1.54) is 0 Å². The summed E-state index contributed by atoms with van der Waals surface area (Å²) < 4.78 is 11.2. The summed E-state index contributed by atoms with van der Waals surface area (Å²) >= 11 is 1.97. The lowest BCUT2D eigenvalue weighted by Gasteiger charge is -2.13. The predicted molar refractivity (Wildman–Crippen MR) is 77.5 cm³/mol. The maximum Gasteiger partial charge on any atom is 0.137 e. The molecule has 2 rings (SSSR count). The van der Waals surface area contributed by atoms with E-state index in [2.05, 4.69) is 13.0 Å². The number of hydrogen-bond donors (Lipinski definition) is 0. The Hall–Kier alpha value is -1.18. The van der Waals surface area contributed by atoms with Crippen molar-refractivity contribution in [2.24, 2.45) is 0 Å². The number of thioether (sulfide) groups is 1. The molecule has 0 N–H and O–H groups in total. The van der Waals surface area contributed by atoms with Gasteiger partial charge in [0.05, 0.1) is 18.3 Å². The molecule has 102 valence electrons. The number of benzene rings is 1. The van der Waals surface area contributed by atoms with Gasteiger partial charge in [0.2, 0.25) is 0 Å². The zero-order valence-electron chi connectivity index (χ0n) is 11.2. The van der Waals surface area contributed by atoms with Crippen LogP contribution < -0.4 is 4.74 Å². The first-order valence-electron chi connectivity index (χ1n) is 6.66. The first-order valence-corrected chi connectivity index (χ1v) is 7.71. The molecule has 1 saturated heterocycles. The minimum Gasteiger partial charge on any atom is -0.492 e. The van der Waals surface area contributed by atoms with Gasteiger partial charge in [-0.1, -0.05) is 12.1 Å². The lowest BCUT2D eigenvalue weighted by atomic mass is 10.2. The summed E-state index contributed by atoms with van der Waals surface area (Å²) in [7, 11) is 0. The molecule has 0 saturated carbocycles. The Kier molecular flexibility index (Phi) is 5.56. The normalized spacial score (nSPS) is 22.1. The van der Waals surface area contributed by atoms with E-state index in [0.717, 1.165) is 25.2 Å². The van der Waals surface area contributed by atoms with Gasteiger partial charge in [0.25, 0.3) is 0 Å². The first kappa shape index (κ1) is 14.2. The van der Waals surface area contributed by atoms with Crippen LogP contribution in [0.15, 0.2) is 24.3 Å². The van der Waals surface area contributed by atoms with Crippen molar-refractivity contribution in [2.75, 3.05) is 19.0 Å². The second-order valence-electron chi connectivity index (χ2n) is 4.58. The van der Waals surface area contributed by atoms with Gasteiger partial charge >= 0.3 is 0 Å². The first-order chi connectivity index (χ1) is 9.31. The van der Waals surface area contributed by atoms with Crippen molar-refractivity contribution in [1.29, 1.82) is 5.26 Å². The van der Waals surface area contributed by atoms with Gasteiger partial charge in [-0.25, -0.2) is 0 Å². The fraction of sp³-hybridized carbons (Fsp3) is 0.533. The minimum atomic E-state index is 0.380. The van der Waals surface area contributed by atoms with Crippen LogP contribution in [0.1, 0.15) is 25.3 Å². The third-order valence-electron chi connectivity index (χ3n) is 3.19. The number of nitrogens with zero attached hydrogens (tertiary/aromatic N) is 1. The van der Waals surface area contributed by atoms with Gasteiger partial charge in [-0.15, -0.1) is 0 Å². The van der Waals surface area contributed by atoms with Gasteiger partial charge in [0.1, 0.15) is 11.8 Å². The Morgan fingerprint density at radius 2 is 2.32 bits per heavy atom. The van der Waals surface area contributed by atoms with Crippen LogP contribution in [0.2, 0.25) is 0 Å². The van der Waals surface area contributed by atoms with E-state index in [9.17, 15) is 0 Å². The predicted octanol–water partition coefficient (Wildman–Crippen LogP) is 3.24. The van der Waals surface area contributed by atoms with Crippen LogP contribution in [0.3, 0.4) is 0 Å². The molecule has 2 atom stereocenters. The molecular formula is C15H19NO2S. The van der Waals surface area contributed by atoms with Crippen molar-refractivity contribution < 1.29 is 9.47 Å². The van der Waals surface area contributed by atoms with Crippen molar-refractivity contribution in [3.63, 3.8) is 0 Å². The van der Waals surface area contributed by atoms with Crippen LogP contribution in [-0.2, 0) is 4.74 Å². The van der Waals surface area contributed by atoms with E-state index in [1.807, 2.05) is 30.0 Å². The van der Waals surface area contributed by atoms with Gasteiger partial charge in [-0.3, -0.25) is 0 Å². The molecule has 0 bridgehead atoms. The molecule has 1 aliphatic rings. The molecule has 2 unspecified atom stereocenters. The van der Waals surface area contributed by atoms with Crippen molar-refractivity contribution in [1.82, 2.24) is 0 Å². The van der Waals surface area contributed by atoms with E-state index in [-0.39, 0.29) is 0 Å². The quantitative estimate of drug-likeness (QED) is 0.749. The van der Waals surface area contributed by atoms with Crippen LogP contribution in [-0.4, -0.2) is 30.3 Å². The monoisotopic (exact) mass is 277 g/mol. The highest BCUT2D eigenvalue weighted by atomic mass is 32.2. The van der Waals surface area contributed by atoms with E-state index >= 15 is 0 Å². The molecule has 4 heteroatoms. The summed E-state index contributed by atoms with van der Waals surface area (Å²) in [6.07, 6.45) is 2.53. The average molecular weight is 277 g/mol. The van der Waals surface area contributed by atoms with E-state index in [4.69, 9.17) is 14.7 Å². The molecule has 0 aromatic heterocycles. The second-order valence-corrected chi connectivity index (χ2v) is 5.93. The van der Waals surface area contributed by atoms with Crippen molar-refractivity contribution >= 4 is 11.8 Å². The van der Waals surface area contributed by atoms with Crippen LogP contribution in [0, 0.1) is 11.3 Å². The Labute approximate surface area is 118 Å². The SMILES string of the molecule is CC1OCCC1SCCCOc1ccccc1C#N. The molecule has 0 aliphatic carbocycles. The van der Waals surface area contributed by atoms with Gasteiger partial charge in [-0.05, 0) is 37.7 Å². The van der Waals surface area contributed by atoms with Crippen LogP contribution >= 0.6 is 11.8 Å². The number of hydrogen-bond acceptors (Lipinski definition) is 4. The highest BCUT2D eigenvalue weighted by Gasteiger charge is 2.23. The van der Waals surface area contributed by atoms with Crippen LogP contribution in [0.25, 0.3) is 0 Å². The van der Waals surface area contributed by atoms with E-state index < -0.39 is 0 Å². The molecule has 0 radical (unpaired) electrons. The molecule has 0 spiro atoms. The smallest absolute Gasteiger partial charge is 0.137 e. The van der Waals surface area contributed by atoms with Crippen molar-refractivity contribution in [3.05, 3.63) is 29.8 Å². The van der Waals surface area contributed by atoms with Gasteiger partial charge in [-0.2, -0.15) is 17.0 Å². The Morgan fingerprint density at radius 1 is 1.47 bits per heavy atom. The summed E-state index contributed by atoms with van der Waals surface area (Å²) in [5, 5.41) is 9.58. The molecule has 0 amide bonds. The molecular weight excluding hydrogens is 258 g/mol. The fourth-order valence-corrected chi connectivity index (χ4v) is 3.29. The van der Waals surface area contributed by atoms with Gasteiger partial charge in [0.15, 0.2) is 0 Å². The van der Waals surface area contributed by atoms with E-state index in [0.29, 0.717) is 29.3 Å². The number of nitriles is 1. The van der Waals surface area contributed by atoms with Gasteiger partial charge in [0, 0.05) is 11.9 Å². The summed E-state index contributed by atoms with van der Waals surface area (Å²) in [5.74, 6) is 1.76. The molecule has 1 heterocycles. The molecule has 1 fully saturated rings. The van der Waals surface area contributed by atoms with E-state index in [1.54, 1.807) is 6.07 Å². The molecule has 1 aromatic rings. The molecule has 1 aromatic carbocycles. The zero-order valence-corrected chi connectivity index (χ0v) is 12.0. The minimum absolute atomic E-state index is 0.380. The summed E-state index contributed by atoms with van der Waals surface area (Å²) in [4.78, 5) is 0. The van der Waals surface area contributed by atoms with Crippen molar-refractivity contribution in [2.45, 2.75) is 31.1 Å². The number of ether oxygens (including phenoxy) is 2. The highest BCUT2D eigenvalue weighted by Crippen LogP contribution is 2.26. The standard InChI is InChI=1S/C15H19NO2S/c1-12-15(7-9-17-12)19-10-4-8-18-14-6-3-2-5-13(14)11-16/h2-3,5-6,12,15H,4,7-10H2,1H3. The largest absolute Gasteiger partial charge is 0.492 e. The zero-order chi connectivity index (χ0) is 13.5. The highest BCUT2D eigenvalue weighted by molar-refractivity contribution is 7.99. The lowest BCUT2D eigenvalue weighted by molar-refractivity contribution is 0.127. The fourth-order valence-electron chi connectivity index (χ4n) is 2.09. The molecule has 1 aliphatic heterocycles. The maximum absolute atomic E-state index is 8.95. The third-order valence-corrected chi connectivity index (χ3v) is 4.76. The topological polar surface area (TPSA) is 42.2 Å². The van der Waals surface area contributed by atoms with Crippen LogP contribution in [0.4, 0.5) is 0 Å². The summed E-state index contributed by atoms with van der Waals surface area (Å²) in [6, 6.07) is 9.51. The molecule has 19 heavy (non-hydrogen) atoms. The number of para-hydroxylation sites is 1. The van der Waals surface area contributed by atoms with Crippen LogP contribution in [0.5, 0.6) is 5.75 Å². The maximum atomic E-state index is 8.95. The second kappa shape index (κ2) is 7.42. The summed E-state index contributed by atoms with van der Waals surface area (Å²) in [6.45, 7) is 3.70. The third kappa shape index (κ3) is 4.15. The molecule has 3 nitrogen and oxygen atoms in total. The number of rotatable bonds is 6. The Morgan fingerprint density at radius 3 is 3.05 bits per heavy atom. The Balaban J connectivity index is 1.65.